The third-order valence-electron chi connectivity index (χ3n) is 3.61. The zero-order chi connectivity index (χ0) is 14.1. The van der Waals surface area contributed by atoms with Gasteiger partial charge in [0.2, 0.25) is 0 Å². The van der Waals surface area contributed by atoms with Gasteiger partial charge in [-0.3, -0.25) is 4.90 Å². The maximum absolute atomic E-state index is 3.19. The molecule has 0 spiro atoms. The van der Waals surface area contributed by atoms with Crippen LogP contribution < -0.4 is 5.32 Å². The molecule has 108 valence electrons. The summed E-state index contributed by atoms with van der Waals surface area (Å²) in [6.07, 6.45) is 4.55. The summed E-state index contributed by atoms with van der Waals surface area (Å²) in [5.74, 6) is 1.24. The molecular formula is C16H28N2S. The van der Waals surface area contributed by atoms with E-state index in [1.807, 2.05) is 18.8 Å². The number of likely N-dealkylation sites (N-methyl/N-ethyl adjacent to an activating group) is 1. The van der Waals surface area contributed by atoms with Gasteiger partial charge in [0.25, 0.3) is 0 Å². The SMILES string of the molecule is CNCCc1ccc(CN(C)C(C)CCSC)cc1. The lowest BCUT2D eigenvalue weighted by atomic mass is 10.1. The van der Waals surface area contributed by atoms with Crippen LogP contribution in [0.3, 0.4) is 0 Å². The molecule has 0 heterocycles. The van der Waals surface area contributed by atoms with Gasteiger partial charge in [-0.2, -0.15) is 11.8 Å². The van der Waals surface area contributed by atoms with E-state index in [1.54, 1.807) is 0 Å². The molecule has 1 atom stereocenters. The topological polar surface area (TPSA) is 15.3 Å². The van der Waals surface area contributed by atoms with Crippen LogP contribution in [-0.2, 0) is 13.0 Å². The summed E-state index contributed by atoms with van der Waals surface area (Å²) in [6.45, 7) is 4.41. The molecule has 0 radical (unpaired) electrons. The lowest BCUT2D eigenvalue weighted by Gasteiger charge is -2.24. The molecule has 1 aromatic rings. The second-order valence-corrected chi connectivity index (χ2v) is 6.20. The summed E-state index contributed by atoms with van der Waals surface area (Å²) < 4.78 is 0. The molecule has 1 unspecified atom stereocenters. The smallest absolute Gasteiger partial charge is 0.0233 e. The molecule has 0 amide bonds. The zero-order valence-electron chi connectivity index (χ0n) is 12.8. The first-order valence-electron chi connectivity index (χ1n) is 7.09. The van der Waals surface area contributed by atoms with Crippen molar-refractivity contribution in [2.75, 3.05) is 32.6 Å². The van der Waals surface area contributed by atoms with E-state index in [2.05, 4.69) is 54.7 Å². The number of rotatable bonds is 9. The highest BCUT2D eigenvalue weighted by atomic mass is 32.2. The monoisotopic (exact) mass is 280 g/mol. The Balaban J connectivity index is 2.43. The van der Waals surface area contributed by atoms with Crippen molar-refractivity contribution in [2.45, 2.75) is 32.4 Å². The van der Waals surface area contributed by atoms with Crippen LogP contribution in [0.2, 0.25) is 0 Å². The molecule has 0 aromatic heterocycles. The van der Waals surface area contributed by atoms with Crippen molar-refractivity contribution in [3.63, 3.8) is 0 Å². The lowest BCUT2D eigenvalue weighted by Crippen LogP contribution is -2.29. The highest BCUT2D eigenvalue weighted by Gasteiger charge is 2.09. The predicted molar refractivity (Wildman–Crippen MR) is 88.0 cm³/mol. The Morgan fingerprint density at radius 3 is 2.42 bits per heavy atom. The Labute approximate surface area is 123 Å². The predicted octanol–water partition coefficient (Wildman–Crippen LogP) is 3.02. The van der Waals surface area contributed by atoms with Gasteiger partial charge in [0.15, 0.2) is 0 Å². The van der Waals surface area contributed by atoms with Gasteiger partial charge in [-0.1, -0.05) is 24.3 Å². The second kappa shape index (κ2) is 9.40. The minimum absolute atomic E-state index is 0.649. The second-order valence-electron chi connectivity index (χ2n) is 5.22. The van der Waals surface area contributed by atoms with Crippen molar-refractivity contribution >= 4 is 11.8 Å². The van der Waals surface area contributed by atoms with Gasteiger partial charge >= 0.3 is 0 Å². The molecule has 0 aliphatic carbocycles. The minimum atomic E-state index is 0.649. The molecule has 1 N–H and O–H groups in total. The number of nitrogens with zero attached hydrogens (tertiary/aromatic N) is 1. The average molecular weight is 280 g/mol. The average Bonchev–Trinajstić information content (AvgIpc) is 2.43. The Bertz CT molecular complexity index is 337. The van der Waals surface area contributed by atoms with Gasteiger partial charge in [-0.05, 0) is 63.5 Å². The van der Waals surface area contributed by atoms with Crippen LogP contribution in [0.25, 0.3) is 0 Å². The van der Waals surface area contributed by atoms with E-state index in [4.69, 9.17) is 0 Å². The number of benzene rings is 1. The third kappa shape index (κ3) is 6.46. The Kier molecular flexibility index (Phi) is 8.19. The first-order chi connectivity index (χ1) is 9.17. The van der Waals surface area contributed by atoms with Crippen molar-refractivity contribution in [3.8, 4) is 0 Å². The molecule has 0 bridgehead atoms. The van der Waals surface area contributed by atoms with Crippen molar-refractivity contribution in [3.05, 3.63) is 35.4 Å². The summed E-state index contributed by atoms with van der Waals surface area (Å²) >= 11 is 1.93. The minimum Gasteiger partial charge on any atom is -0.319 e. The van der Waals surface area contributed by atoms with Crippen LogP contribution in [0.5, 0.6) is 0 Å². The molecule has 0 saturated heterocycles. The zero-order valence-corrected chi connectivity index (χ0v) is 13.6. The van der Waals surface area contributed by atoms with Crippen molar-refractivity contribution in [2.24, 2.45) is 0 Å². The lowest BCUT2D eigenvalue weighted by molar-refractivity contribution is 0.245. The Morgan fingerprint density at radius 1 is 1.21 bits per heavy atom. The molecule has 1 rings (SSSR count). The van der Waals surface area contributed by atoms with Crippen molar-refractivity contribution < 1.29 is 0 Å². The molecule has 19 heavy (non-hydrogen) atoms. The largest absolute Gasteiger partial charge is 0.319 e. The molecule has 3 heteroatoms. The summed E-state index contributed by atoms with van der Waals surface area (Å²) in [4.78, 5) is 2.44. The Hall–Kier alpha value is -0.510. The summed E-state index contributed by atoms with van der Waals surface area (Å²) in [5.41, 5.74) is 2.82. The fourth-order valence-corrected chi connectivity index (χ4v) is 2.61. The highest BCUT2D eigenvalue weighted by molar-refractivity contribution is 7.98. The summed E-state index contributed by atoms with van der Waals surface area (Å²) in [7, 11) is 4.22. The van der Waals surface area contributed by atoms with E-state index in [1.165, 1.54) is 23.3 Å². The highest BCUT2D eigenvalue weighted by Crippen LogP contribution is 2.12. The van der Waals surface area contributed by atoms with Gasteiger partial charge in [-0.15, -0.1) is 0 Å². The maximum atomic E-state index is 3.19. The molecule has 2 nitrogen and oxygen atoms in total. The van der Waals surface area contributed by atoms with E-state index < -0.39 is 0 Å². The van der Waals surface area contributed by atoms with Crippen LogP contribution >= 0.6 is 11.8 Å². The number of hydrogen-bond acceptors (Lipinski definition) is 3. The third-order valence-corrected chi connectivity index (χ3v) is 4.25. The van der Waals surface area contributed by atoms with E-state index in [0.717, 1.165) is 19.5 Å². The fourth-order valence-electron chi connectivity index (χ4n) is 2.03. The number of hydrogen-bond donors (Lipinski definition) is 1. The molecule has 0 aliphatic heterocycles. The molecule has 0 fully saturated rings. The van der Waals surface area contributed by atoms with Crippen LogP contribution in [0.15, 0.2) is 24.3 Å². The Morgan fingerprint density at radius 2 is 1.84 bits per heavy atom. The van der Waals surface area contributed by atoms with Crippen LogP contribution in [-0.4, -0.2) is 43.6 Å². The first kappa shape index (κ1) is 16.5. The standard InChI is InChI=1S/C16H28N2S/c1-14(10-12-19-4)18(3)13-16-7-5-15(6-8-16)9-11-17-2/h5-8,14,17H,9-13H2,1-4H3. The normalized spacial score (nSPS) is 12.9. The van der Waals surface area contributed by atoms with Gasteiger partial charge in [0.05, 0.1) is 0 Å². The molecule has 0 aliphatic rings. The quantitative estimate of drug-likeness (QED) is 0.748. The first-order valence-corrected chi connectivity index (χ1v) is 8.48. The van der Waals surface area contributed by atoms with Gasteiger partial charge in [-0.25, -0.2) is 0 Å². The van der Waals surface area contributed by atoms with Crippen LogP contribution in [0, 0.1) is 0 Å². The fraction of sp³-hybridized carbons (Fsp3) is 0.625. The van der Waals surface area contributed by atoms with Crippen LogP contribution in [0.1, 0.15) is 24.5 Å². The number of thioether (sulfide) groups is 1. The summed E-state index contributed by atoms with van der Waals surface area (Å²) in [6, 6.07) is 9.70. The van der Waals surface area contributed by atoms with E-state index >= 15 is 0 Å². The van der Waals surface area contributed by atoms with Crippen LogP contribution in [0.4, 0.5) is 0 Å². The number of nitrogens with one attached hydrogen (secondary N) is 1. The molecular weight excluding hydrogens is 252 g/mol. The van der Waals surface area contributed by atoms with Gasteiger partial charge in [0.1, 0.15) is 0 Å². The molecule has 0 saturated carbocycles. The molecule has 1 aromatic carbocycles. The van der Waals surface area contributed by atoms with Gasteiger partial charge < -0.3 is 5.32 Å². The van der Waals surface area contributed by atoms with Gasteiger partial charge in [0, 0.05) is 12.6 Å². The van der Waals surface area contributed by atoms with E-state index in [0.29, 0.717) is 6.04 Å². The van der Waals surface area contributed by atoms with Crippen molar-refractivity contribution in [1.29, 1.82) is 0 Å². The van der Waals surface area contributed by atoms with Crippen molar-refractivity contribution in [1.82, 2.24) is 10.2 Å². The van der Waals surface area contributed by atoms with E-state index in [-0.39, 0.29) is 0 Å². The van der Waals surface area contributed by atoms with E-state index in [9.17, 15) is 0 Å². The maximum Gasteiger partial charge on any atom is 0.0233 e. The summed E-state index contributed by atoms with van der Waals surface area (Å²) in [5, 5.41) is 3.19.